The minimum absolute atomic E-state index is 0.0537. The van der Waals surface area contributed by atoms with Crippen molar-refractivity contribution >= 4 is 22.5 Å². The zero-order chi connectivity index (χ0) is 15.3. The highest BCUT2D eigenvalue weighted by molar-refractivity contribution is 7.84. The maximum absolute atomic E-state index is 12.7. The molecular formula is C12H15F3N2O2S. The van der Waals surface area contributed by atoms with E-state index in [0.717, 1.165) is 6.07 Å². The summed E-state index contributed by atoms with van der Waals surface area (Å²) in [5.41, 5.74) is -0.646. The number of urea groups is 1. The largest absolute Gasteiger partial charge is 0.416 e. The third-order valence-corrected chi connectivity index (χ3v) is 3.25. The molecule has 0 radical (unpaired) electrons. The van der Waals surface area contributed by atoms with Crippen LogP contribution in [0.15, 0.2) is 18.2 Å². The fourth-order valence-corrected chi connectivity index (χ4v) is 1.88. The summed E-state index contributed by atoms with van der Waals surface area (Å²) in [4.78, 5) is 11.4. The zero-order valence-electron chi connectivity index (χ0n) is 11.0. The first-order chi connectivity index (χ1) is 9.20. The highest BCUT2D eigenvalue weighted by Gasteiger charge is 2.32. The quantitative estimate of drug-likeness (QED) is 0.898. The van der Waals surface area contributed by atoms with E-state index in [9.17, 15) is 22.2 Å². The Hall–Kier alpha value is -1.57. The molecule has 0 saturated carbocycles. The van der Waals surface area contributed by atoms with Crippen molar-refractivity contribution in [3.63, 3.8) is 0 Å². The lowest BCUT2D eigenvalue weighted by Gasteiger charge is -2.13. The second kappa shape index (κ2) is 6.74. The molecule has 20 heavy (non-hydrogen) atoms. The molecule has 0 unspecified atom stereocenters. The summed E-state index contributed by atoms with van der Waals surface area (Å²) in [6, 6.07) is 2.93. The smallest absolute Gasteiger partial charge is 0.337 e. The van der Waals surface area contributed by atoms with Crippen LogP contribution in [0.25, 0.3) is 0 Å². The number of carbonyl (C=O) groups is 1. The monoisotopic (exact) mass is 308 g/mol. The van der Waals surface area contributed by atoms with Crippen LogP contribution in [-0.4, -0.2) is 28.8 Å². The lowest BCUT2D eigenvalue weighted by Crippen LogP contribution is -2.31. The number of amides is 2. The molecule has 0 aliphatic heterocycles. The fraction of sp³-hybridized carbons (Fsp3) is 0.417. The summed E-state index contributed by atoms with van der Waals surface area (Å²) in [7, 11) is -1.04. The molecule has 1 rings (SSSR count). The number of nitrogens with one attached hydrogen (secondary N) is 2. The number of hydrogen-bond acceptors (Lipinski definition) is 2. The minimum Gasteiger partial charge on any atom is -0.337 e. The minimum atomic E-state index is -4.46. The molecule has 1 aromatic rings. The number of hydrogen-bond donors (Lipinski definition) is 2. The van der Waals surface area contributed by atoms with Crippen LogP contribution in [0.2, 0.25) is 0 Å². The molecule has 1 aromatic carbocycles. The van der Waals surface area contributed by atoms with E-state index in [1.165, 1.54) is 25.3 Å². The van der Waals surface area contributed by atoms with E-state index in [1.54, 1.807) is 0 Å². The van der Waals surface area contributed by atoms with Gasteiger partial charge in [-0.3, -0.25) is 4.21 Å². The number of halogens is 3. The van der Waals surface area contributed by atoms with Gasteiger partial charge in [0.05, 0.1) is 5.56 Å². The predicted octanol–water partition coefficient (Wildman–Crippen LogP) is 2.51. The van der Waals surface area contributed by atoms with Crippen molar-refractivity contribution in [1.82, 2.24) is 5.32 Å². The normalized spacial score (nSPS) is 12.8. The van der Waals surface area contributed by atoms with E-state index in [4.69, 9.17) is 0 Å². The molecule has 1 atom stereocenters. The Labute approximate surface area is 117 Å². The molecule has 112 valence electrons. The van der Waals surface area contributed by atoms with Crippen LogP contribution in [0.3, 0.4) is 0 Å². The first-order valence-corrected chi connectivity index (χ1v) is 7.45. The predicted molar refractivity (Wildman–Crippen MR) is 72.1 cm³/mol. The van der Waals surface area contributed by atoms with Crippen molar-refractivity contribution in [3.05, 3.63) is 29.3 Å². The lowest BCUT2D eigenvalue weighted by atomic mass is 10.1. The van der Waals surface area contributed by atoms with Gasteiger partial charge in [0, 0.05) is 35.0 Å². The van der Waals surface area contributed by atoms with Gasteiger partial charge in [-0.2, -0.15) is 13.2 Å². The Morgan fingerprint density at radius 2 is 2.00 bits per heavy atom. The van der Waals surface area contributed by atoms with Crippen molar-refractivity contribution in [2.24, 2.45) is 0 Å². The van der Waals surface area contributed by atoms with E-state index >= 15 is 0 Å². The van der Waals surface area contributed by atoms with Crippen molar-refractivity contribution in [2.45, 2.75) is 13.1 Å². The summed E-state index contributed by atoms with van der Waals surface area (Å²) in [5.74, 6) is 0.287. The van der Waals surface area contributed by atoms with Gasteiger partial charge in [0.1, 0.15) is 0 Å². The summed E-state index contributed by atoms with van der Waals surface area (Å²) in [6.07, 6.45) is -2.97. The SMILES string of the molecule is Cc1ccc(NC(=O)NCC[S@](C)=O)cc1C(F)(F)F. The molecule has 4 nitrogen and oxygen atoms in total. The topological polar surface area (TPSA) is 58.2 Å². The summed E-state index contributed by atoms with van der Waals surface area (Å²) in [5, 5.41) is 4.72. The molecule has 2 N–H and O–H groups in total. The summed E-state index contributed by atoms with van der Waals surface area (Å²) in [6.45, 7) is 1.54. The van der Waals surface area contributed by atoms with Crippen LogP contribution < -0.4 is 10.6 Å². The van der Waals surface area contributed by atoms with Crippen molar-refractivity contribution in [3.8, 4) is 0 Å². The molecule has 0 heterocycles. The van der Waals surface area contributed by atoms with E-state index in [0.29, 0.717) is 0 Å². The number of rotatable bonds is 4. The Morgan fingerprint density at radius 3 is 2.55 bits per heavy atom. The highest BCUT2D eigenvalue weighted by atomic mass is 32.2. The molecule has 2 amide bonds. The molecule has 0 saturated heterocycles. The van der Waals surface area contributed by atoms with Crippen molar-refractivity contribution < 1.29 is 22.2 Å². The van der Waals surface area contributed by atoms with E-state index < -0.39 is 28.6 Å². The average molecular weight is 308 g/mol. The molecular weight excluding hydrogens is 293 g/mol. The van der Waals surface area contributed by atoms with Gasteiger partial charge < -0.3 is 10.6 Å². The number of anilines is 1. The number of carbonyl (C=O) groups excluding carboxylic acids is 1. The maximum Gasteiger partial charge on any atom is 0.416 e. The van der Waals surface area contributed by atoms with E-state index in [-0.39, 0.29) is 23.5 Å². The first kappa shape index (κ1) is 16.5. The van der Waals surface area contributed by atoms with Gasteiger partial charge in [0.25, 0.3) is 0 Å². The molecule has 0 bridgehead atoms. The third-order valence-electron chi connectivity index (χ3n) is 2.48. The Kier molecular flexibility index (Phi) is 5.55. The second-order valence-electron chi connectivity index (χ2n) is 4.19. The van der Waals surface area contributed by atoms with E-state index in [1.807, 2.05) is 0 Å². The fourth-order valence-electron chi connectivity index (χ4n) is 1.49. The third kappa shape index (κ3) is 5.20. The maximum atomic E-state index is 12.7. The molecule has 0 aliphatic rings. The molecule has 0 aromatic heterocycles. The number of benzene rings is 1. The van der Waals surface area contributed by atoms with Crippen LogP contribution in [0.4, 0.5) is 23.7 Å². The summed E-state index contributed by atoms with van der Waals surface area (Å²) >= 11 is 0. The lowest BCUT2D eigenvalue weighted by molar-refractivity contribution is -0.138. The summed E-state index contributed by atoms with van der Waals surface area (Å²) < 4.78 is 48.9. The van der Waals surface area contributed by atoms with Crippen LogP contribution in [0.5, 0.6) is 0 Å². The molecule has 0 aliphatic carbocycles. The standard InChI is InChI=1S/C12H15F3N2O2S/c1-8-3-4-9(7-10(8)12(13,14)15)17-11(18)16-5-6-20(2)19/h3-4,7H,5-6H2,1-2H3,(H2,16,17,18)/t20-/m0/s1. The van der Waals surface area contributed by atoms with Crippen molar-refractivity contribution in [1.29, 1.82) is 0 Å². The average Bonchev–Trinajstić information content (AvgIpc) is 2.29. The van der Waals surface area contributed by atoms with Crippen molar-refractivity contribution in [2.75, 3.05) is 23.9 Å². The van der Waals surface area contributed by atoms with Gasteiger partial charge in [-0.05, 0) is 24.6 Å². The van der Waals surface area contributed by atoms with Crippen LogP contribution >= 0.6 is 0 Å². The molecule has 0 fully saturated rings. The molecule has 8 heteroatoms. The van der Waals surface area contributed by atoms with Gasteiger partial charge in [-0.25, -0.2) is 4.79 Å². The van der Waals surface area contributed by atoms with E-state index in [2.05, 4.69) is 10.6 Å². The van der Waals surface area contributed by atoms with Crippen LogP contribution in [0, 0.1) is 6.92 Å². The van der Waals surface area contributed by atoms with Gasteiger partial charge in [0.2, 0.25) is 0 Å². The van der Waals surface area contributed by atoms with Gasteiger partial charge in [-0.15, -0.1) is 0 Å². The molecule has 0 spiro atoms. The second-order valence-corrected chi connectivity index (χ2v) is 5.74. The Bertz CT molecular complexity index is 518. The Balaban J connectivity index is 2.69. The highest BCUT2D eigenvalue weighted by Crippen LogP contribution is 2.33. The number of aryl methyl sites for hydroxylation is 1. The first-order valence-electron chi connectivity index (χ1n) is 5.73. The zero-order valence-corrected chi connectivity index (χ0v) is 11.8. The van der Waals surface area contributed by atoms with Gasteiger partial charge >= 0.3 is 12.2 Å². The Morgan fingerprint density at radius 1 is 1.35 bits per heavy atom. The van der Waals surface area contributed by atoms with Crippen LogP contribution in [-0.2, 0) is 17.0 Å². The van der Waals surface area contributed by atoms with Crippen LogP contribution in [0.1, 0.15) is 11.1 Å². The van der Waals surface area contributed by atoms with Gasteiger partial charge in [-0.1, -0.05) is 6.07 Å². The number of alkyl halides is 3. The van der Waals surface area contributed by atoms with Gasteiger partial charge in [0.15, 0.2) is 0 Å².